The quantitative estimate of drug-likeness (QED) is 0.316. The maximum atomic E-state index is 11.6. The van der Waals surface area contributed by atoms with Crippen molar-refractivity contribution in [2.45, 2.75) is 24.4 Å². The Labute approximate surface area is 120 Å². The van der Waals surface area contributed by atoms with E-state index in [0.717, 1.165) is 0 Å². The van der Waals surface area contributed by atoms with Crippen LogP contribution >= 0.6 is 0 Å². The molecule has 1 aromatic carbocycles. The zero-order valence-corrected chi connectivity index (χ0v) is 11.0. The van der Waals surface area contributed by atoms with Gasteiger partial charge in [-0.1, -0.05) is 0 Å². The molecule has 0 aromatic heterocycles. The molecule has 0 bridgehead atoms. The number of carbonyl (C=O) groups excluding carboxylic acids is 1. The molecule has 0 amide bonds. The van der Waals surface area contributed by atoms with Gasteiger partial charge in [0.05, 0.1) is 12.2 Å². The van der Waals surface area contributed by atoms with Crippen molar-refractivity contribution in [3.05, 3.63) is 29.8 Å². The minimum atomic E-state index is -1.79. The predicted octanol–water partition coefficient (Wildman–Crippen LogP) is -2.02. The largest absolute Gasteiger partial charge is 0.508 e. The number of esters is 1. The summed E-state index contributed by atoms with van der Waals surface area (Å²) in [6.45, 7) is -1.41. The van der Waals surface area contributed by atoms with Crippen molar-refractivity contribution in [1.29, 1.82) is 0 Å². The van der Waals surface area contributed by atoms with Crippen LogP contribution in [0.25, 0.3) is 0 Å². The normalized spacial score (nSPS) is 16.8. The SMILES string of the molecule is O=C(OC[C@H](O)[C@@H](O)[C@H](O)[C@H](O)CO)c1ccc(O)cc1. The molecule has 0 saturated heterocycles. The summed E-state index contributed by atoms with van der Waals surface area (Å²) < 4.78 is 4.73. The standard InChI is InChI=1S/C13H18O8/c14-5-9(16)11(18)12(19)10(17)6-21-13(20)7-1-3-8(15)4-2-7/h1-4,9-12,14-19H,5-6H2/t9-,10+,11-,12-/m1/s1. The minimum absolute atomic E-state index is 0.0249. The molecule has 0 aliphatic rings. The van der Waals surface area contributed by atoms with E-state index in [1.165, 1.54) is 24.3 Å². The van der Waals surface area contributed by atoms with Gasteiger partial charge in [0, 0.05) is 0 Å². The number of phenolic OH excluding ortho intramolecular Hbond substituents is 1. The highest BCUT2D eigenvalue weighted by atomic mass is 16.5. The lowest BCUT2D eigenvalue weighted by Gasteiger charge is -2.25. The Morgan fingerprint density at radius 3 is 2.05 bits per heavy atom. The van der Waals surface area contributed by atoms with Crippen LogP contribution in [0.4, 0.5) is 0 Å². The average Bonchev–Trinajstić information content (AvgIpc) is 2.50. The second-order valence-electron chi connectivity index (χ2n) is 4.44. The maximum Gasteiger partial charge on any atom is 0.338 e. The molecular weight excluding hydrogens is 284 g/mol. The van der Waals surface area contributed by atoms with E-state index in [2.05, 4.69) is 0 Å². The van der Waals surface area contributed by atoms with Crippen LogP contribution in [-0.4, -0.2) is 74.2 Å². The molecule has 6 N–H and O–H groups in total. The van der Waals surface area contributed by atoms with Gasteiger partial charge in [0.15, 0.2) is 0 Å². The van der Waals surface area contributed by atoms with E-state index >= 15 is 0 Å². The molecule has 0 heterocycles. The van der Waals surface area contributed by atoms with E-state index in [0.29, 0.717) is 0 Å². The van der Waals surface area contributed by atoms with Crippen molar-refractivity contribution in [3.8, 4) is 5.75 Å². The fourth-order valence-corrected chi connectivity index (χ4v) is 1.50. The topological polar surface area (TPSA) is 148 Å². The van der Waals surface area contributed by atoms with Crippen molar-refractivity contribution in [1.82, 2.24) is 0 Å². The van der Waals surface area contributed by atoms with Gasteiger partial charge in [0.1, 0.15) is 36.8 Å². The van der Waals surface area contributed by atoms with Gasteiger partial charge in [-0.15, -0.1) is 0 Å². The lowest BCUT2D eigenvalue weighted by Crippen LogP contribution is -2.47. The molecule has 1 rings (SSSR count). The first-order valence-corrected chi connectivity index (χ1v) is 6.16. The van der Waals surface area contributed by atoms with E-state index in [9.17, 15) is 20.1 Å². The van der Waals surface area contributed by atoms with E-state index < -0.39 is 43.6 Å². The number of hydrogen-bond donors (Lipinski definition) is 6. The fourth-order valence-electron chi connectivity index (χ4n) is 1.50. The number of carbonyl (C=O) groups is 1. The minimum Gasteiger partial charge on any atom is -0.508 e. The van der Waals surface area contributed by atoms with Crippen molar-refractivity contribution >= 4 is 5.97 Å². The van der Waals surface area contributed by atoms with Crippen LogP contribution < -0.4 is 0 Å². The molecule has 0 saturated carbocycles. The second kappa shape index (κ2) is 7.91. The number of aliphatic hydroxyl groups excluding tert-OH is 5. The van der Waals surface area contributed by atoms with Crippen LogP contribution in [0.5, 0.6) is 5.75 Å². The molecule has 0 radical (unpaired) electrons. The van der Waals surface area contributed by atoms with E-state index in [1.54, 1.807) is 0 Å². The van der Waals surface area contributed by atoms with E-state index in [4.69, 9.17) is 20.1 Å². The smallest absolute Gasteiger partial charge is 0.338 e. The third-order valence-corrected chi connectivity index (χ3v) is 2.81. The second-order valence-corrected chi connectivity index (χ2v) is 4.44. The Kier molecular flexibility index (Phi) is 6.53. The fraction of sp³-hybridized carbons (Fsp3) is 0.462. The molecular formula is C13H18O8. The molecule has 118 valence electrons. The van der Waals surface area contributed by atoms with E-state index in [1.807, 2.05) is 0 Å². The van der Waals surface area contributed by atoms with Crippen molar-refractivity contribution in [2.75, 3.05) is 13.2 Å². The molecule has 21 heavy (non-hydrogen) atoms. The lowest BCUT2D eigenvalue weighted by molar-refractivity contribution is -0.124. The third kappa shape index (κ3) is 4.96. The highest BCUT2D eigenvalue weighted by molar-refractivity contribution is 5.89. The molecule has 0 unspecified atom stereocenters. The predicted molar refractivity (Wildman–Crippen MR) is 69.5 cm³/mol. The van der Waals surface area contributed by atoms with Crippen LogP contribution in [0.3, 0.4) is 0 Å². The molecule has 0 fully saturated rings. The number of phenols is 1. The Morgan fingerprint density at radius 2 is 1.52 bits per heavy atom. The third-order valence-electron chi connectivity index (χ3n) is 2.81. The number of benzene rings is 1. The van der Waals surface area contributed by atoms with Crippen LogP contribution in [-0.2, 0) is 4.74 Å². The van der Waals surface area contributed by atoms with Crippen molar-refractivity contribution < 1.29 is 40.2 Å². The monoisotopic (exact) mass is 302 g/mol. The Balaban J connectivity index is 2.50. The molecule has 4 atom stereocenters. The van der Waals surface area contributed by atoms with Gasteiger partial charge in [-0.05, 0) is 24.3 Å². The number of hydrogen-bond acceptors (Lipinski definition) is 8. The molecule has 0 aliphatic carbocycles. The zero-order valence-electron chi connectivity index (χ0n) is 11.0. The maximum absolute atomic E-state index is 11.6. The van der Waals surface area contributed by atoms with Crippen LogP contribution in [0.15, 0.2) is 24.3 Å². The number of aromatic hydroxyl groups is 1. The Bertz CT molecular complexity index is 446. The molecule has 8 nitrogen and oxygen atoms in total. The summed E-state index contributed by atoms with van der Waals surface area (Å²) in [5, 5.41) is 55.3. The highest BCUT2D eigenvalue weighted by Crippen LogP contribution is 2.11. The van der Waals surface area contributed by atoms with Crippen molar-refractivity contribution in [3.63, 3.8) is 0 Å². The van der Waals surface area contributed by atoms with Crippen LogP contribution in [0.1, 0.15) is 10.4 Å². The summed E-state index contributed by atoms with van der Waals surface area (Å²) in [6, 6.07) is 5.18. The summed E-state index contributed by atoms with van der Waals surface area (Å²) in [5.41, 5.74) is 0.130. The van der Waals surface area contributed by atoms with Gasteiger partial charge in [0.25, 0.3) is 0 Å². The highest BCUT2D eigenvalue weighted by Gasteiger charge is 2.30. The molecule has 0 aliphatic heterocycles. The molecule has 0 spiro atoms. The van der Waals surface area contributed by atoms with Gasteiger partial charge >= 0.3 is 5.97 Å². The van der Waals surface area contributed by atoms with Crippen molar-refractivity contribution in [2.24, 2.45) is 0 Å². The molecule has 8 heteroatoms. The van der Waals surface area contributed by atoms with Gasteiger partial charge in [-0.3, -0.25) is 0 Å². The van der Waals surface area contributed by atoms with E-state index in [-0.39, 0.29) is 11.3 Å². The summed E-state index contributed by atoms with van der Waals surface area (Å²) in [5.74, 6) is -0.818. The zero-order chi connectivity index (χ0) is 16.0. The van der Waals surface area contributed by atoms with Gasteiger partial charge in [0.2, 0.25) is 0 Å². The first kappa shape index (κ1) is 17.3. The Hall–Kier alpha value is -1.71. The first-order valence-electron chi connectivity index (χ1n) is 6.16. The number of aliphatic hydroxyl groups is 5. The average molecular weight is 302 g/mol. The lowest BCUT2D eigenvalue weighted by atomic mass is 10.0. The summed E-state index contributed by atoms with van der Waals surface area (Å²) >= 11 is 0. The number of rotatable bonds is 7. The summed E-state index contributed by atoms with van der Waals surface area (Å²) in [6.07, 6.45) is -6.83. The van der Waals surface area contributed by atoms with Gasteiger partial charge in [-0.25, -0.2) is 4.79 Å². The van der Waals surface area contributed by atoms with Crippen LogP contribution in [0.2, 0.25) is 0 Å². The summed E-state index contributed by atoms with van der Waals surface area (Å²) in [4.78, 5) is 11.6. The number of ether oxygens (including phenoxy) is 1. The van der Waals surface area contributed by atoms with Gasteiger partial charge < -0.3 is 35.4 Å². The molecule has 1 aromatic rings. The van der Waals surface area contributed by atoms with Crippen LogP contribution in [0, 0.1) is 0 Å². The van der Waals surface area contributed by atoms with Gasteiger partial charge in [-0.2, -0.15) is 0 Å². The first-order chi connectivity index (χ1) is 9.86. The Morgan fingerprint density at radius 1 is 1.00 bits per heavy atom. The summed E-state index contributed by atoms with van der Waals surface area (Å²) in [7, 11) is 0.